The molecule has 112 valence electrons. The molecule has 0 aliphatic rings. The van der Waals surface area contributed by atoms with Crippen molar-refractivity contribution < 1.29 is 23.6 Å². The van der Waals surface area contributed by atoms with Gasteiger partial charge in [0.05, 0.1) is 6.26 Å². The van der Waals surface area contributed by atoms with Crippen LogP contribution in [-0.4, -0.2) is 28.2 Å². The molecule has 0 aliphatic heterocycles. The van der Waals surface area contributed by atoms with Crippen LogP contribution in [0.4, 0.5) is 0 Å². The van der Waals surface area contributed by atoms with Gasteiger partial charge in [-0.15, -0.1) is 0 Å². The van der Waals surface area contributed by atoms with Crippen molar-refractivity contribution >= 4 is 11.9 Å². The van der Waals surface area contributed by atoms with Crippen LogP contribution in [0.3, 0.4) is 0 Å². The van der Waals surface area contributed by atoms with E-state index in [0.717, 1.165) is 0 Å². The minimum absolute atomic E-state index is 0.0901. The van der Waals surface area contributed by atoms with Crippen LogP contribution >= 0.6 is 0 Å². The van der Waals surface area contributed by atoms with Gasteiger partial charge < -0.3 is 19.4 Å². The molecule has 0 aromatic carbocycles. The molecule has 2 aromatic heterocycles. The first kappa shape index (κ1) is 14.8. The molecule has 2 aromatic rings. The average molecular weight is 292 g/mol. The predicted molar refractivity (Wildman–Crippen MR) is 72.6 cm³/mol. The van der Waals surface area contributed by atoms with Crippen molar-refractivity contribution in [2.24, 2.45) is 0 Å². The SMILES string of the molecule is CC(CCCC(=O)O)NC(=O)c1cc(-c2ccco2)on1. The number of hydrogen-bond acceptors (Lipinski definition) is 5. The Balaban J connectivity index is 1.87. The van der Waals surface area contributed by atoms with Crippen LogP contribution in [0.1, 0.15) is 36.7 Å². The van der Waals surface area contributed by atoms with Crippen molar-refractivity contribution in [2.45, 2.75) is 32.2 Å². The lowest BCUT2D eigenvalue weighted by Gasteiger charge is -2.11. The maximum atomic E-state index is 12.0. The number of hydrogen-bond donors (Lipinski definition) is 2. The number of carboxylic acid groups (broad SMARTS) is 1. The lowest BCUT2D eigenvalue weighted by atomic mass is 10.1. The zero-order valence-electron chi connectivity index (χ0n) is 11.5. The predicted octanol–water partition coefficient (Wildman–Crippen LogP) is 2.31. The number of rotatable bonds is 7. The Labute approximate surface area is 120 Å². The molecule has 0 spiro atoms. The fourth-order valence-electron chi connectivity index (χ4n) is 1.85. The van der Waals surface area contributed by atoms with E-state index in [1.54, 1.807) is 12.1 Å². The van der Waals surface area contributed by atoms with Gasteiger partial charge in [0.2, 0.25) is 5.76 Å². The second kappa shape index (κ2) is 6.74. The Kier molecular flexibility index (Phi) is 4.76. The Hall–Kier alpha value is -2.57. The zero-order valence-corrected chi connectivity index (χ0v) is 11.5. The van der Waals surface area contributed by atoms with E-state index in [0.29, 0.717) is 24.4 Å². The molecule has 2 N–H and O–H groups in total. The summed E-state index contributed by atoms with van der Waals surface area (Å²) in [7, 11) is 0. The molecule has 2 heterocycles. The van der Waals surface area contributed by atoms with Crippen molar-refractivity contribution in [3.63, 3.8) is 0 Å². The lowest BCUT2D eigenvalue weighted by molar-refractivity contribution is -0.137. The molecular weight excluding hydrogens is 276 g/mol. The number of aromatic nitrogens is 1. The lowest BCUT2D eigenvalue weighted by Crippen LogP contribution is -2.32. The first-order valence-corrected chi connectivity index (χ1v) is 6.59. The highest BCUT2D eigenvalue weighted by molar-refractivity contribution is 5.93. The van der Waals surface area contributed by atoms with Gasteiger partial charge in [-0.2, -0.15) is 0 Å². The van der Waals surface area contributed by atoms with Crippen LogP contribution in [0.2, 0.25) is 0 Å². The van der Waals surface area contributed by atoms with Crippen LogP contribution in [0, 0.1) is 0 Å². The topological polar surface area (TPSA) is 106 Å². The molecule has 0 bridgehead atoms. The van der Waals surface area contributed by atoms with E-state index in [2.05, 4.69) is 10.5 Å². The summed E-state index contributed by atoms with van der Waals surface area (Å²) >= 11 is 0. The maximum absolute atomic E-state index is 12.0. The fraction of sp³-hybridized carbons (Fsp3) is 0.357. The minimum Gasteiger partial charge on any atom is -0.481 e. The highest BCUT2D eigenvalue weighted by Gasteiger charge is 2.16. The number of carbonyl (C=O) groups excluding carboxylic acids is 1. The number of amides is 1. The van der Waals surface area contributed by atoms with Gasteiger partial charge in [0.25, 0.3) is 5.91 Å². The third-order valence-corrected chi connectivity index (χ3v) is 2.91. The molecule has 0 aliphatic carbocycles. The van der Waals surface area contributed by atoms with Gasteiger partial charge in [-0.3, -0.25) is 9.59 Å². The van der Waals surface area contributed by atoms with Crippen molar-refractivity contribution in [2.75, 3.05) is 0 Å². The molecule has 21 heavy (non-hydrogen) atoms. The van der Waals surface area contributed by atoms with Crippen molar-refractivity contribution in [3.05, 3.63) is 30.2 Å². The van der Waals surface area contributed by atoms with E-state index in [4.69, 9.17) is 14.0 Å². The van der Waals surface area contributed by atoms with Crippen LogP contribution in [-0.2, 0) is 4.79 Å². The van der Waals surface area contributed by atoms with Crippen molar-refractivity contribution in [1.29, 1.82) is 0 Å². The number of carbonyl (C=O) groups is 2. The second-order valence-corrected chi connectivity index (χ2v) is 4.71. The molecule has 0 saturated carbocycles. The van der Waals surface area contributed by atoms with E-state index in [1.165, 1.54) is 12.3 Å². The average Bonchev–Trinajstić information content (AvgIpc) is 3.09. The zero-order chi connectivity index (χ0) is 15.2. The number of furan rings is 1. The molecular formula is C14H16N2O5. The molecule has 0 radical (unpaired) electrons. The third kappa shape index (κ3) is 4.20. The Morgan fingerprint density at radius 2 is 2.24 bits per heavy atom. The standard InChI is InChI=1S/C14H16N2O5/c1-9(4-2-6-13(17)18)15-14(19)10-8-12(21-16-10)11-5-3-7-20-11/h3,5,7-9H,2,4,6H2,1H3,(H,15,19)(H,17,18). The Morgan fingerprint density at radius 3 is 2.90 bits per heavy atom. The smallest absolute Gasteiger partial charge is 0.303 e. The molecule has 1 atom stereocenters. The largest absolute Gasteiger partial charge is 0.481 e. The summed E-state index contributed by atoms with van der Waals surface area (Å²) in [5.74, 6) is -0.327. The number of aliphatic carboxylic acids is 1. The molecule has 0 saturated heterocycles. The fourth-order valence-corrected chi connectivity index (χ4v) is 1.85. The summed E-state index contributed by atoms with van der Waals surface area (Å²) in [5.41, 5.74) is 0.159. The number of carboxylic acids is 1. The van der Waals surface area contributed by atoms with Gasteiger partial charge in [0.15, 0.2) is 11.5 Å². The summed E-state index contributed by atoms with van der Waals surface area (Å²) < 4.78 is 10.2. The van der Waals surface area contributed by atoms with Crippen molar-refractivity contribution in [3.8, 4) is 11.5 Å². The second-order valence-electron chi connectivity index (χ2n) is 4.71. The maximum Gasteiger partial charge on any atom is 0.303 e. The number of nitrogens with one attached hydrogen (secondary N) is 1. The van der Waals surface area contributed by atoms with Gasteiger partial charge >= 0.3 is 5.97 Å². The number of nitrogens with zero attached hydrogens (tertiary/aromatic N) is 1. The van der Waals surface area contributed by atoms with Crippen LogP contribution in [0.5, 0.6) is 0 Å². The summed E-state index contributed by atoms with van der Waals surface area (Å²) in [6, 6.07) is 4.78. The highest BCUT2D eigenvalue weighted by Crippen LogP contribution is 2.20. The van der Waals surface area contributed by atoms with E-state index >= 15 is 0 Å². The van der Waals surface area contributed by atoms with E-state index in [1.807, 2.05) is 6.92 Å². The highest BCUT2D eigenvalue weighted by atomic mass is 16.5. The molecule has 7 nitrogen and oxygen atoms in total. The van der Waals surface area contributed by atoms with Gasteiger partial charge in [-0.25, -0.2) is 0 Å². The van der Waals surface area contributed by atoms with Crippen LogP contribution in [0.25, 0.3) is 11.5 Å². The van der Waals surface area contributed by atoms with Gasteiger partial charge in [0.1, 0.15) is 0 Å². The Morgan fingerprint density at radius 1 is 1.43 bits per heavy atom. The molecule has 0 fully saturated rings. The molecule has 1 amide bonds. The first-order valence-electron chi connectivity index (χ1n) is 6.59. The summed E-state index contributed by atoms with van der Waals surface area (Å²) in [6.07, 6.45) is 2.68. The van der Waals surface area contributed by atoms with E-state index in [-0.39, 0.29) is 24.1 Å². The third-order valence-electron chi connectivity index (χ3n) is 2.91. The first-order chi connectivity index (χ1) is 10.1. The van der Waals surface area contributed by atoms with Crippen LogP contribution in [0.15, 0.2) is 33.4 Å². The molecule has 1 unspecified atom stereocenters. The van der Waals surface area contributed by atoms with Crippen molar-refractivity contribution in [1.82, 2.24) is 10.5 Å². The molecule has 7 heteroatoms. The normalized spacial score (nSPS) is 12.0. The molecule has 2 rings (SSSR count). The van der Waals surface area contributed by atoms with Gasteiger partial charge in [0, 0.05) is 18.5 Å². The van der Waals surface area contributed by atoms with Crippen LogP contribution < -0.4 is 5.32 Å². The van der Waals surface area contributed by atoms with E-state index < -0.39 is 5.97 Å². The summed E-state index contributed by atoms with van der Waals surface area (Å²) in [5, 5.41) is 15.0. The Bertz CT molecular complexity index is 603. The monoisotopic (exact) mass is 292 g/mol. The quantitative estimate of drug-likeness (QED) is 0.811. The summed E-state index contributed by atoms with van der Waals surface area (Å²) in [4.78, 5) is 22.4. The van der Waals surface area contributed by atoms with E-state index in [9.17, 15) is 9.59 Å². The van der Waals surface area contributed by atoms with Gasteiger partial charge in [-0.1, -0.05) is 5.16 Å². The van der Waals surface area contributed by atoms with Gasteiger partial charge in [-0.05, 0) is 31.9 Å². The summed E-state index contributed by atoms with van der Waals surface area (Å²) in [6.45, 7) is 1.81. The minimum atomic E-state index is -0.840.